The number of esters is 1. The quantitative estimate of drug-likeness (QED) is 0.550. The Balaban J connectivity index is 1.96. The van der Waals surface area contributed by atoms with E-state index >= 15 is 0 Å². The number of carbonyl (C=O) groups is 3. The van der Waals surface area contributed by atoms with Gasteiger partial charge in [0.2, 0.25) is 0 Å². The van der Waals surface area contributed by atoms with Gasteiger partial charge >= 0.3 is 5.97 Å². The molecule has 0 aliphatic heterocycles. The molecule has 28 heavy (non-hydrogen) atoms. The lowest BCUT2D eigenvalue weighted by Crippen LogP contribution is -2.30. The van der Waals surface area contributed by atoms with Gasteiger partial charge in [0.1, 0.15) is 0 Å². The normalized spacial score (nSPS) is 11.8. The molecule has 0 bridgehead atoms. The molecule has 148 valence electrons. The first-order valence-corrected chi connectivity index (χ1v) is 9.10. The topological polar surface area (TPSA) is 81.7 Å². The lowest BCUT2D eigenvalue weighted by Gasteiger charge is -2.15. The fourth-order valence-corrected chi connectivity index (χ4v) is 2.42. The molecule has 1 amide bonds. The van der Waals surface area contributed by atoms with Crippen molar-refractivity contribution in [3.8, 4) is 0 Å². The summed E-state index contributed by atoms with van der Waals surface area (Å²) in [6, 6.07) is 13.5. The molecule has 1 N–H and O–H groups in total. The van der Waals surface area contributed by atoms with Crippen LogP contribution in [-0.2, 0) is 20.9 Å². The Hall–Kier alpha value is -2.99. The minimum Gasteiger partial charge on any atom is -0.449 e. The van der Waals surface area contributed by atoms with E-state index in [2.05, 4.69) is 5.32 Å². The van der Waals surface area contributed by atoms with Crippen molar-refractivity contribution >= 4 is 23.3 Å². The number of rotatable bonds is 8. The summed E-state index contributed by atoms with van der Waals surface area (Å²) in [5.74, 6) is -1.27. The average Bonchev–Trinajstić information content (AvgIpc) is 2.66. The van der Waals surface area contributed by atoms with E-state index in [9.17, 15) is 14.4 Å². The minimum atomic E-state index is -1.02. The first-order valence-electron chi connectivity index (χ1n) is 9.10. The second kappa shape index (κ2) is 9.80. The highest BCUT2D eigenvalue weighted by molar-refractivity contribution is 6.05. The molecule has 0 fully saturated rings. The third-order valence-corrected chi connectivity index (χ3v) is 3.99. The van der Waals surface area contributed by atoms with Gasteiger partial charge in [-0.15, -0.1) is 0 Å². The number of benzene rings is 2. The van der Waals surface area contributed by atoms with Crippen molar-refractivity contribution in [2.45, 2.75) is 46.5 Å². The Morgan fingerprint density at radius 1 is 0.964 bits per heavy atom. The highest BCUT2D eigenvalue weighted by Crippen LogP contribution is 2.16. The summed E-state index contributed by atoms with van der Waals surface area (Å²) in [6.07, 6.45) is -0.895. The summed E-state index contributed by atoms with van der Waals surface area (Å²) in [7, 11) is 0. The zero-order valence-corrected chi connectivity index (χ0v) is 16.5. The van der Waals surface area contributed by atoms with Crippen LogP contribution < -0.4 is 5.32 Å². The Bertz CT molecular complexity index is 842. The van der Waals surface area contributed by atoms with Crippen LogP contribution in [0.25, 0.3) is 0 Å². The summed E-state index contributed by atoms with van der Waals surface area (Å²) < 4.78 is 10.8. The molecule has 6 nitrogen and oxygen atoms in total. The second-order valence-corrected chi connectivity index (χ2v) is 6.70. The van der Waals surface area contributed by atoms with Gasteiger partial charge in [-0.3, -0.25) is 9.59 Å². The summed E-state index contributed by atoms with van der Waals surface area (Å²) >= 11 is 0. The summed E-state index contributed by atoms with van der Waals surface area (Å²) in [6.45, 7) is 7.26. The molecule has 0 spiro atoms. The molecule has 0 saturated heterocycles. The molecule has 0 unspecified atom stereocenters. The van der Waals surface area contributed by atoms with E-state index in [1.54, 1.807) is 48.5 Å². The predicted octanol–water partition coefficient (Wildman–Crippen LogP) is 4.00. The standard InChI is InChI=1S/C22H25NO5/c1-14(2)27-13-17-9-11-18(12-10-17)22(26)28-16(4)21(25)23-20-8-6-5-7-19(20)15(3)24/h5-12,14,16H,13H2,1-4H3,(H,23,25)/t16-/m1/s1. The van der Waals surface area contributed by atoms with Crippen LogP contribution in [0.5, 0.6) is 0 Å². The van der Waals surface area contributed by atoms with Crippen LogP contribution in [0.1, 0.15) is 54.0 Å². The van der Waals surface area contributed by atoms with Crippen LogP contribution in [0.3, 0.4) is 0 Å². The Morgan fingerprint density at radius 2 is 1.61 bits per heavy atom. The van der Waals surface area contributed by atoms with Crippen molar-refractivity contribution in [3.63, 3.8) is 0 Å². The van der Waals surface area contributed by atoms with Gasteiger partial charge in [-0.05, 0) is 57.5 Å². The second-order valence-electron chi connectivity index (χ2n) is 6.70. The molecule has 0 heterocycles. The average molecular weight is 383 g/mol. The van der Waals surface area contributed by atoms with E-state index in [1.165, 1.54) is 13.8 Å². The van der Waals surface area contributed by atoms with Crippen molar-refractivity contribution in [2.75, 3.05) is 5.32 Å². The molecule has 6 heteroatoms. The van der Waals surface area contributed by atoms with E-state index < -0.39 is 18.0 Å². The fraction of sp³-hybridized carbons (Fsp3) is 0.318. The highest BCUT2D eigenvalue weighted by atomic mass is 16.5. The largest absolute Gasteiger partial charge is 0.449 e. The van der Waals surface area contributed by atoms with Gasteiger partial charge in [0.05, 0.1) is 24.0 Å². The maximum atomic E-state index is 12.3. The molecule has 2 aromatic rings. The number of ketones is 1. The van der Waals surface area contributed by atoms with Crippen LogP contribution >= 0.6 is 0 Å². The summed E-state index contributed by atoms with van der Waals surface area (Å²) in [5.41, 5.74) is 2.07. The van der Waals surface area contributed by atoms with E-state index in [1.807, 2.05) is 13.8 Å². The molecule has 2 rings (SSSR count). The Kier molecular flexibility index (Phi) is 7.46. The summed E-state index contributed by atoms with van der Waals surface area (Å²) in [5, 5.41) is 2.63. The molecule has 0 aliphatic rings. The molecule has 0 aliphatic carbocycles. The lowest BCUT2D eigenvalue weighted by atomic mass is 10.1. The number of Topliss-reactive ketones (excluding diaryl/α,β-unsaturated/α-hetero) is 1. The molecule has 0 aromatic heterocycles. The molecule has 0 saturated carbocycles. The van der Waals surface area contributed by atoms with E-state index in [0.717, 1.165) is 5.56 Å². The van der Waals surface area contributed by atoms with Gasteiger partial charge in [0, 0.05) is 5.56 Å². The van der Waals surface area contributed by atoms with Crippen molar-refractivity contribution in [3.05, 3.63) is 65.2 Å². The van der Waals surface area contributed by atoms with Gasteiger partial charge in [-0.2, -0.15) is 0 Å². The predicted molar refractivity (Wildman–Crippen MR) is 106 cm³/mol. The molecule has 0 radical (unpaired) electrons. The van der Waals surface area contributed by atoms with Crippen LogP contribution in [0.15, 0.2) is 48.5 Å². The van der Waals surface area contributed by atoms with Crippen LogP contribution in [0.4, 0.5) is 5.69 Å². The third-order valence-electron chi connectivity index (χ3n) is 3.99. The third kappa shape index (κ3) is 6.03. The lowest BCUT2D eigenvalue weighted by molar-refractivity contribution is -0.123. The van der Waals surface area contributed by atoms with Crippen molar-refractivity contribution < 1.29 is 23.9 Å². The van der Waals surface area contributed by atoms with E-state index in [0.29, 0.717) is 23.4 Å². The molecule has 2 aromatic carbocycles. The number of nitrogens with one attached hydrogen (secondary N) is 1. The molecular formula is C22H25NO5. The fourth-order valence-electron chi connectivity index (χ4n) is 2.42. The Morgan fingerprint density at radius 3 is 2.21 bits per heavy atom. The number of para-hydroxylation sites is 1. The van der Waals surface area contributed by atoms with Crippen LogP contribution in [-0.4, -0.2) is 29.9 Å². The number of carbonyl (C=O) groups excluding carboxylic acids is 3. The first kappa shape index (κ1) is 21.3. The van der Waals surface area contributed by atoms with Gasteiger partial charge in [0.15, 0.2) is 11.9 Å². The number of hydrogen-bond acceptors (Lipinski definition) is 5. The number of amides is 1. The highest BCUT2D eigenvalue weighted by Gasteiger charge is 2.20. The zero-order valence-electron chi connectivity index (χ0n) is 16.5. The smallest absolute Gasteiger partial charge is 0.338 e. The number of ether oxygens (including phenoxy) is 2. The molecule has 1 atom stereocenters. The maximum Gasteiger partial charge on any atom is 0.338 e. The SMILES string of the molecule is CC(=O)c1ccccc1NC(=O)[C@@H](C)OC(=O)c1ccc(COC(C)C)cc1. The van der Waals surface area contributed by atoms with Crippen molar-refractivity contribution in [1.29, 1.82) is 0 Å². The van der Waals surface area contributed by atoms with Crippen molar-refractivity contribution in [2.24, 2.45) is 0 Å². The van der Waals surface area contributed by atoms with Crippen LogP contribution in [0.2, 0.25) is 0 Å². The van der Waals surface area contributed by atoms with Gasteiger partial charge in [-0.1, -0.05) is 24.3 Å². The minimum absolute atomic E-state index is 0.122. The molecular weight excluding hydrogens is 358 g/mol. The number of hydrogen-bond donors (Lipinski definition) is 1. The zero-order chi connectivity index (χ0) is 20.7. The van der Waals surface area contributed by atoms with Crippen molar-refractivity contribution in [1.82, 2.24) is 0 Å². The first-order chi connectivity index (χ1) is 13.3. The van der Waals surface area contributed by atoms with Gasteiger partial charge < -0.3 is 14.8 Å². The van der Waals surface area contributed by atoms with Gasteiger partial charge in [0.25, 0.3) is 5.91 Å². The van der Waals surface area contributed by atoms with Gasteiger partial charge in [-0.25, -0.2) is 4.79 Å². The van der Waals surface area contributed by atoms with Crippen LogP contribution in [0, 0.1) is 0 Å². The maximum absolute atomic E-state index is 12.3. The van der Waals surface area contributed by atoms with E-state index in [-0.39, 0.29) is 11.9 Å². The van der Waals surface area contributed by atoms with E-state index in [4.69, 9.17) is 9.47 Å². The summed E-state index contributed by atoms with van der Waals surface area (Å²) in [4.78, 5) is 36.3. The Labute approximate surface area is 164 Å². The number of anilines is 1. The monoisotopic (exact) mass is 383 g/mol.